The lowest BCUT2D eigenvalue weighted by molar-refractivity contribution is 0.0939. The van der Waals surface area contributed by atoms with Crippen LogP contribution in [0.15, 0.2) is 52.9 Å². The predicted molar refractivity (Wildman–Crippen MR) is 124 cm³/mol. The number of hydrogen-bond donors (Lipinski definition) is 3. The second-order valence-corrected chi connectivity index (χ2v) is 9.96. The van der Waals surface area contributed by atoms with Crippen molar-refractivity contribution in [2.45, 2.75) is 37.6 Å². The van der Waals surface area contributed by atoms with Gasteiger partial charge in [-0.1, -0.05) is 48.1 Å². The van der Waals surface area contributed by atoms with E-state index in [-0.39, 0.29) is 32.7 Å². The van der Waals surface area contributed by atoms with Crippen molar-refractivity contribution >= 4 is 44.0 Å². The van der Waals surface area contributed by atoms with Gasteiger partial charge < -0.3 is 5.32 Å². The van der Waals surface area contributed by atoms with E-state index in [9.17, 15) is 18.0 Å². The quantitative estimate of drug-likeness (QED) is 0.430. The first kappa shape index (κ1) is 23.4. The minimum absolute atomic E-state index is 0.0414. The summed E-state index contributed by atoms with van der Waals surface area (Å²) >= 11 is 0.710. The molecule has 0 saturated carbocycles. The molecular weight excluding hydrogens is 450 g/mol. The van der Waals surface area contributed by atoms with Crippen molar-refractivity contribution < 1.29 is 18.0 Å². The summed E-state index contributed by atoms with van der Waals surface area (Å²) in [6, 6.07) is 13.2. The maximum atomic E-state index is 12.8. The van der Waals surface area contributed by atoms with Crippen LogP contribution in [0.2, 0.25) is 0 Å². The van der Waals surface area contributed by atoms with Gasteiger partial charge in [-0.3, -0.25) is 19.6 Å². The summed E-state index contributed by atoms with van der Waals surface area (Å²) in [4.78, 5) is 24.9. The molecule has 0 bridgehead atoms. The van der Waals surface area contributed by atoms with E-state index >= 15 is 0 Å². The number of amides is 2. The molecule has 1 heterocycles. The molecule has 1 atom stereocenters. The van der Waals surface area contributed by atoms with E-state index in [1.807, 2.05) is 26.8 Å². The SMILES string of the molecule is CCC(C)NC(=O)c1ccccc1NS(=O)(=O)c1nnc(NC(=O)c2cccc(C)c2)s1. The maximum absolute atomic E-state index is 12.8. The second-order valence-electron chi connectivity index (χ2n) is 7.13. The Bertz CT molecular complexity index is 1240. The smallest absolute Gasteiger partial charge is 0.291 e. The Hall–Kier alpha value is -3.31. The highest BCUT2D eigenvalue weighted by molar-refractivity contribution is 7.94. The molecule has 0 aliphatic carbocycles. The zero-order valence-corrected chi connectivity index (χ0v) is 19.4. The van der Waals surface area contributed by atoms with E-state index in [0.29, 0.717) is 16.9 Å². The number of nitrogens with zero attached hydrogens (tertiary/aromatic N) is 2. The summed E-state index contributed by atoms with van der Waals surface area (Å²) in [7, 11) is -4.13. The summed E-state index contributed by atoms with van der Waals surface area (Å²) in [6.45, 7) is 5.65. The van der Waals surface area contributed by atoms with Crippen LogP contribution in [-0.4, -0.2) is 36.5 Å². The molecule has 168 valence electrons. The van der Waals surface area contributed by atoms with E-state index in [0.717, 1.165) is 12.0 Å². The molecule has 3 aromatic rings. The Morgan fingerprint density at radius 3 is 2.53 bits per heavy atom. The Kier molecular flexibility index (Phi) is 7.21. The normalized spacial score (nSPS) is 12.1. The van der Waals surface area contributed by atoms with E-state index in [4.69, 9.17) is 0 Å². The zero-order chi connectivity index (χ0) is 23.3. The molecule has 0 aliphatic heterocycles. The Morgan fingerprint density at radius 1 is 1.06 bits per heavy atom. The average Bonchev–Trinajstić information content (AvgIpc) is 3.23. The van der Waals surface area contributed by atoms with Crippen molar-refractivity contribution in [2.24, 2.45) is 0 Å². The van der Waals surface area contributed by atoms with Gasteiger partial charge in [0.2, 0.25) is 5.13 Å². The minimum atomic E-state index is -4.13. The molecule has 3 N–H and O–H groups in total. The molecular formula is C21H23N5O4S2. The van der Waals surface area contributed by atoms with Crippen molar-refractivity contribution in [3.8, 4) is 0 Å². The predicted octanol–water partition coefficient (Wildman–Crippen LogP) is 3.43. The number of anilines is 2. The third kappa shape index (κ3) is 5.68. The van der Waals surface area contributed by atoms with Gasteiger partial charge in [0, 0.05) is 11.6 Å². The first-order valence-corrected chi connectivity index (χ1v) is 12.1. The van der Waals surface area contributed by atoms with Gasteiger partial charge >= 0.3 is 0 Å². The van der Waals surface area contributed by atoms with Crippen LogP contribution in [-0.2, 0) is 10.0 Å². The summed E-state index contributed by atoms with van der Waals surface area (Å²) in [5.41, 5.74) is 1.64. The number of carbonyl (C=O) groups excluding carboxylic acids is 2. The van der Waals surface area contributed by atoms with Gasteiger partial charge in [-0.05, 0) is 44.5 Å². The van der Waals surface area contributed by atoms with E-state index in [1.54, 1.807) is 30.3 Å². The molecule has 2 amide bonds. The van der Waals surface area contributed by atoms with Crippen molar-refractivity contribution in [3.63, 3.8) is 0 Å². The maximum Gasteiger partial charge on any atom is 0.291 e. The van der Waals surface area contributed by atoms with E-state index < -0.39 is 15.9 Å². The molecule has 2 aromatic carbocycles. The number of benzene rings is 2. The number of aromatic nitrogens is 2. The van der Waals surface area contributed by atoms with Crippen LogP contribution in [0.25, 0.3) is 0 Å². The Morgan fingerprint density at radius 2 is 1.81 bits per heavy atom. The van der Waals surface area contributed by atoms with E-state index in [2.05, 4.69) is 25.6 Å². The van der Waals surface area contributed by atoms with Gasteiger partial charge in [0.1, 0.15) is 0 Å². The molecule has 11 heteroatoms. The first-order valence-electron chi connectivity index (χ1n) is 9.84. The van der Waals surface area contributed by atoms with Crippen LogP contribution in [0.1, 0.15) is 46.5 Å². The zero-order valence-electron chi connectivity index (χ0n) is 17.7. The molecule has 0 spiro atoms. The van der Waals surface area contributed by atoms with Crippen molar-refractivity contribution in [2.75, 3.05) is 10.0 Å². The molecule has 1 aromatic heterocycles. The molecule has 0 radical (unpaired) electrons. The number of sulfonamides is 1. The third-order valence-corrected chi connectivity index (χ3v) is 7.11. The number of rotatable bonds is 8. The van der Waals surface area contributed by atoms with Crippen molar-refractivity contribution in [1.29, 1.82) is 0 Å². The van der Waals surface area contributed by atoms with Gasteiger partial charge in [0.05, 0.1) is 11.3 Å². The Balaban J connectivity index is 1.77. The van der Waals surface area contributed by atoms with Gasteiger partial charge in [-0.25, -0.2) is 0 Å². The van der Waals surface area contributed by atoms with Crippen LogP contribution >= 0.6 is 11.3 Å². The second kappa shape index (κ2) is 9.88. The summed E-state index contributed by atoms with van der Waals surface area (Å²) in [5.74, 6) is -0.810. The van der Waals surface area contributed by atoms with Crippen LogP contribution < -0.4 is 15.4 Å². The van der Waals surface area contributed by atoms with Crippen LogP contribution in [0, 0.1) is 6.92 Å². The molecule has 3 rings (SSSR count). The van der Waals surface area contributed by atoms with Crippen LogP contribution in [0.4, 0.5) is 10.8 Å². The summed E-state index contributed by atoms with van der Waals surface area (Å²) < 4.78 is 27.7. The first-order chi connectivity index (χ1) is 15.2. The summed E-state index contributed by atoms with van der Waals surface area (Å²) in [5, 5.41) is 12.8. The molecule has 0 saturated heterocycles. The lowest BCUT2D eigenvalue weighted by atomic mass is 10.1. The highest BCUT2D eigenvalue weighted by atomic mass is 32.2. The highest BCUT2D eigenvalue weighted by Crippen LogP contribution is 2.25. The van der Waals surface area contributed by atoms with Gasteiger partial charge in [-0.2, -0.15) is 8.42 Å². The minimum Gasteiger partial charge on any atom is -0.350 e. The molecule has 9 nitrogen and oxygen atoms in total. The number of carbonyl (C=O) groups is 2. The fourth-order valence-corrected chi connectivity index (χ4v) is 4.66. The number of hydrogen-bond acceptors (Lipinski definition) is 7. The highest BCUT2D eigenvalue weighted by Gasteiger charge is 2.24. The van der Waals surface area contributed by atoms with Gasteiger partial charge in [0.15, 0.2) is 0 Å². The fourth-order valence-electron chi connectivity index (χ4n) is 2.69. The molecule has 0 fully saturated rings. The van der Waals surface area contributed by atoms with Crippen LogP contribution in [0.5, 0.6) is 0 Å². The van der Waals surface area contributed by atoms with E-state index in [1.165, 1.54) is 12.1 Å². The Labute approximate surface area is 190 Å². The van der Waals surface area contributed by atoms with Crippen molar-refractivity contribution in [3.05, 3.63) is 65.2 Å². The van der Waals surface area contributed by atoms with Gasteiger partial charge in [-0.15, -0.1) is 10.2 Å². The van der Waals surface area contributed by atoms with Crippen LogP contribution in [0.3, 0.4) is 0 Å². The third-order valence-electron chi connectivity index (χ3n) is 4.54. The molecule has 1 unspecified atom stereocenters. The number of aryl methyl sites for hydroxylation is 1. The van der Waals surface area contributed by atoms with Gasteiger partial charge in [0.25, 0.3) is 26.2 Å². The van der Waals surface area contributed by atoms with Crippen molar-refractivity contribution in [1.82, 2.24) is 15.5 Å². The fraction of sp³-hybridized carbons (Fsp3) is 0.238. The lowest BCUT2D eigenvalue weighted by Crippen LogP contribution is -2.32. The number of para-hydroxylation sites is 1. The summed E-state index contributed by atoms with van der Waals surface area (Å²) in [6.07, 6.45) is 0.738. The molecule has 0 aliphatic rings. The number of nitrogens with one attached hydrogen (secondary N) is 3. The topological polar surface area (TPSA) is 130 Å². The monoisotopic (exact) mass is 473 g/mol. The average molecular weight is 474 g/mol. The largest absolute Gasteiger partial charge is 0.350 e. The molecule has 32 heavy (non-hydrogen) atoms. The standard InChI is InChI=1S/C21H23N5O4S2/c1-4-14(3)22-19(28)16-10-5-6-11-17(16)26-32(29,30)21-25-24-20(31-21)23-18(27)15-9-7-8-13(2)12-15/h5-12,14,26H,4H2,1-3H3,(H,22,28)(H,23,24,27). The lowest BCUT2D eigenvalue weighted by Gasteiger charge is -2.14.